The van der Waals surface area contributed by atoms with Crippen LogP contribution >= 0.6 is 11.6 Å². The molecule has 1 aliphatic heterocycles. The molecule has 204 valence electrons. The molecule has 2 aromatic carbocycles. The smallest absolute Gasteiger partial charge is 0.264 e. The van der Waals surface area contributed by atoms with Crippen LogP contribution in [0.2, 0.25) is 5.02 Å². The van der Waals surface area contributed by atoms with Crippen LogP contribution in [0.4, 0.5) is 4.39 Å². The van der Waals surface area contributed by atoms with Gasteiger partial charge in [0, 0.05) is 36.3 Å². The minimum atomic E-state index is -1.25. The van der Waals surface area contributed by atoms with E-state index in [2.05, 4.69) is 10.5 Å². The van der Waals surface area contributed by atoms with Crippen molar-refractivity contribution in [2.75, 3.05) is 13.1 Å². The third-order valence-electron chi connectivity index (χ3n) is 7.32. The van der Waals surface area contributed by atoms with Crippen molar-refractivity contribution >= 4 is 29.3 Å². The molecule has 1 unspecified atom stereocenters. The summed E-state index contributed by atoms with van der Waals surface area (Å²) in [6.07, 6.45) is 1.69. The Balaban J connectivity index is 1.49. The molecule has 2 heterocycles. The lowest BCUT2D eigenvalue weighted by Crippen LogP contribution is -2.56. The van der Waals surface area contributed by atoms with Crippen molar-refractivity contribution < 1.29 is 23.3 Å². The van der Waals surface area contributed by atoms with Crippen LogP contribution in [-0.2, 0) is 4.79 Å². The lowest BCUT2D eigenvalue weighted by molar-refractivity contribution is -0.129. The standard InChI is InChI=1S/C28H29ClFN5O4/c1-16-23(24(33-39-16)21-7-2-3-8-22(21)29)28(38)35-14-13-34(27(37)17-5-4-6-18(30)15-17)26(35)25(36)32-20-11-9-19(31)10-12-20/h2-8,15,19-20,26H,9-14,31H2,1H3,(H,32,36). The highest BCUT2D eigenvalue weighted by molar-refractivity contribution is 6.33. The van der Waals surface area contributed by atoms with E-state index < -0.39 is 29.7 Å². The molecule has 1 aliphatic carbocycles. The molecule has 9 nitrogen and oxygen atoms in total. The molecule has 2 fully saturated rings. The maximum atomic E-state index is 14.0. The lowest BCUT2D eigenvalue weighted by atomic mass is 9.92. The topological polar surface area (TPSA) is 122 Å². The van der Waals surface area contributed by atoms with Crippen LogP contribution in [-0.4, -0.2) is 64.0 Å². The fourth-order valence-corrected chi connectivity index (χ4v) is 5.49. The predicted octanol–water partition coefficient (Wildman–Crippen LogP) is 3.75. The molecule has 0 radical (unpaired) electrons. The summed E-state index contributed by atoms with van der Waals surface area (Å²) < 4.78 is 19.3. The first-order valence-electron chi connectivity index (χ1n) is 12.9. The summed E-state index contributed by atoms with van der Waals surface area (Å²) in [4.78, 5) is 43.9. The second-order valence-corrected chi connectivity index (χ2v) is 10.4. The van der Waals surface area contributed by atoms with Crippen LogP contribution in [0.25, 0.3) is 11.3 Å². The molecular weight excluding hydrogens is 525 g/mol. The molecular formula is C28H29ClFN5O4. The number of rotatable bonds is 5. The van der Waals surface area contributed by atoms with Gasteiger partial charge in [0.15, 0.2) is 6.17 Å². The van der Waals surface area contributed by atoms with Crippen molar-refractivity contribution in [2.24, 2.45) is 5.73 Å². The van der Waals surface area contributed by atoms with Crippen molar-refractivity contribution in [3.63, 3.8) is 0 Å². The Kier molecular flexibility index (Phi) is 7.67. The molecule has 5 rings (SSSR count). The van der Waals surface area contributed by atoms with Gasteiger partial charge in [-0.15, -0.1) is 0 Å². The van der Waals surface area contributed by atoms with E-state index in [4.69, 9.17) is 21.9 Å². The zero-order chi connectivity index (χ0) is 27.7. The highest BCUT2D eigenvalue weighted by Crippen LogP contribution is 2.33. The van der Waals surface area contributed by atoms with Crippen molar-refractivity contribution in [2.45, 2.75) is 50.9 Å². The molecule has 3 aromatic rings. The minimum absolute atomic E-state index is 0.0834. The van der Waals surface area contributed by atoms with E-state index >= 15 is 0 Å². The van der Waals surface area contributed by atoms with Crippen molar-refractivity contribution in [3.05, 3.63) is 76.3 Å². The van der Waals surface area contributed by atoms with Gasteiger partial charge in [-0.2, -0.15) is 0 Å². The van der Waals surface area contributed by atoms with Gasteiger partial charge in [-0.1, -0.05) is 41.0 Å². The first kappa shape index (κ1) is 26.8. The van der Waals surface area contributed by atoms with Gasteiger partial charge in [-0.05, 0) is 56.9 Å². The number of aryl methyl sites for hydroxylation is 1. The molecule has 1 saturated heterocycles. The van der Waals surface area contributed by atoms with Crippen molar-refractivity contribution in [1.29, 1.82) is 0 Å². The summed E-state index contributed by atoms with van der Waals surface area (Å²) in [5, 5.41) is 7.48. The Bertz CT molecular complexity index is 1400. The average Bonchev–Trinajstić information content (AvgIpc) is 3.54. The maximum Gasteiger partial charge on any atom is 0.264 e. The molecule has 11 heteroatoms. The Morgan fingerprint density at radius 3 is 2.41 bits per heavy atom. The zero-order valence-electron chi connectivity index (χ0n) is 21.4. The third-order valence-corrected chi connectivity index (χ3v) is 7.65. The lowest BCUT2D eigenvalue weighted by Gasteiger charge is -2.32. The Labute approximate surface area is 230 Å². The molecule has 2 aliphatic rings. The number of aromatic nitrogens is 1. The number of halogens is 2. The number of nitrogens with one attached hydrogen (secondary N) is 1. The van der Waals surface area contributed by atoms with Crippen molar-refractivity contribution in [3.8, 4) is 11.3 Å². The van der Waals surface area contributed by atoms with Gasteiger partial charge in [-0.25, -0.2) is 4.39 Å². The minimum Gasteiger partial charge on any atom is -0.360 e. The van der Waals surface area contributed by atoms with Crippen LogP contribution in [0.15, 0.2) is 53.1 Å². The fourth-order valence-electron chi connectivity index (χ4n) is 5.27. The molecule has 3 amide bonds. The zero-order valence-corrected chi connectivity index (χ0v) is 22.2. The molecule has 0 bridgehead atoms. The van der Waals surface area contributed by atoms with Gasteiger partial charge >= 0.3 is 0 Å². The van der Waals surface area contributed by atoms with E-state index in [0.717, 1.165) is 18.9 Å². The second-order valence-electron chi connectivity index (χ2n) is 9.94. The number of hydrogen-bond donors (Lipinski definition) is 2. The number of carbonyl (C=O) groups is 3. The first-order valence-corrected chi connectivity index (χ1v) is 13.3. The summed E-state index contributed by atoms with van der Waals surface area (Å²) in [5.74, 6) is -1.88. The SMILES string of the molecule is Cc1onc(-c2ccccc2Cl)c1C(=O)N1CCN(C(=O)c2cccc(F)c2)C1C(=O)NC1CCC(N)CC1. The van der Waals surface area contributed by atoms with Gasteiger partial charge in [0.1, 0.15) is 22.8 Å². The normalized spacial score (nSPS) is 21.2. The van der Waals surface area contributed by atoms with Crippen LogP contribution in [0.5, 0.6) is 0 Å². The van der Waals surface area contributed by atoms with E-state index in [1.165, 1.54) is 28.0 Å². The van der Waals surface area contributed by atoms with Crippen LogP contribution in [0.1, 0.15) is 52.2 Å². The van der Waals surface area contributed by atoms with E-state index in [-0.39, 0.29) is 47.8 Å². The van der Waals surface area contributed by atoms with Crippen LogP contribution < -0.4 is 11.1 Å². The van der Waals surface area contributed by atoms with E-state index in [1.807, 2.05) is 0 Å². The Hall–Kier alpha value is -3.76. The van der Waals surface area contributed by atoms with Gasteiger partial charge in [0.25, 0.3) is 17.7 Å². The number of hydrogen-bond acceptors (Lipinski definition) is 6. The van der Waals surface area contributed by atoms with Gasteiger partial charge < -0.3 is 25.4 Å². The second kappa shape index (κ2) is 11.2. The summed E-state index contributed by atoms with van der Waals surface area (Å²) in [5.41, 5.74) is 7.02. The summed E-state index contributed by atoms with van der Waals surface area (Å²) in [7, 11) is 0. The maximum absolute atomic E-state index is 14.0. The first-order chi connectivity index (χ1) is 18.7. The monoisotopic (exact) mass is 553 g/mol. The summed E-state index contributed by atoms with van der Waals surface area (Å²) in [6, 6.07) is 12.1. The van der Waals surface area contributed by atoms with E-state index in [1.54, 1.807) is 31.2 Å². The molecule has 39 heavy (non-hydrogen) atoms. The highest BCUT2D eigenvalue weighted by atomic mass is 35.5. The summed E-state index contributed by atoms with van der Waals surface area (Å²) >= 11 is 6.38. The number of benzene rings is 2. The van der Waals surface area contributed by atoms with Gasteiger partial charge in [-0.3, -0.25) is 14.4 Å². The number of nitrogens with two attached hydrogens (primary N) is 1. The number of amides is 3. The highest BCUT2D eigenvalue weighted by Gasteiger charge is 2.45. The molecule has 0 spiro atoms. The molecule has 1 atom stereocenters. The molecule has 1 aromatic heterocycles. The van der Waals surface area contributed by atoms with Gasteiger partial charge in [0.2, 0.25) is 0 Å². The predicted molar refractivity (Wildman–Crippen MR) is 142 cm³/mol. The molecule has 3 N–H and O–H groups in total. The largest absolute Gasteiger partial charge is 0.360 e. The average molecular weight is 554 g/mol. The third kappa shape index (κ3) is 5.39. The van der Waals surface area contributed by atoms with Crippen LogP contribution in [0, 0.1) is 12.7 Å². The van der Waals surface area contributed by atoms with Crippen molar-refractivity contribution in [1.82, 2.24) is 20.3 Å². The Morgan fingerprint density at radius 1 is 1.03 bits per heavy atom. The number of nitrogens with zero attached hydrogens (tertiary/aromatic N) is 3. The Morgan fingerprint density at radius 2 is 1.72 bits per heavy atom. The number of carbonyl (C=O) groups excluding carboxylic acids is 3. The van der Waals surface area contributed by atoms with E-state index in [0.29, 0.717) is 23.4 Å². The van der Waals surface area contributed by atoms with E-state index in [9.17, 15) is 18.8 Å². The van der Waals surface area contributed by atoms with Crippen LogP contribution in [0.3, 0.4) is 0 Å². The summed E-state index contributed by atoms with van der Waals surface area (Å²) in [6.45, 7) is 1.77. The quantitative estimate of drug-likeness (QED) is 0.496. The van der Waals surface area contributed by atoms with Gasteiger partial charge in [0.05, 0.1) is 5.02 Å². The fraction of sp³-hybridized carbons (Fsp3) is 0.357. The molecule has 1 saturated carbocycles.